The van der Waals surface area contributed by atoms with Gasteiger partial charge in [0.05, 0.1) is 13.2 Å². The molecule has 0 aliphatic carbocycles. The van der Waals surface area contributed by atoms with Crippen LogP contribution < -0.4 is 15.4 Å². The summed E-state index contributed by atoms with van der Waals surface area (Å²) >= 11 is 3.31. The molecule has 2 rings (SSSR count). The number of hydrogen-bond acceptors (Lipinski definition) is 4. The third-order valence-corrected chi connectivity index (χ3v) is 3.65. The summed E-state index contributed by atoms with van der Waals surface area (Å²) in [6.45, 7) is 2.56. The van der Waals surface area contributed by atoms with Crippen LogP contribution in [-0.4, -0.2) is 29.9 Å². The van der Waals surface area contributed by atoms with Crippen LogP contribution in [-0.2, 0) is 11.3 Å². The number of halogens is 1. The van der Waals surface area contributed by atoms with Gasteiger partial charge >= 0.3 is 0 Å². The van der Waals surface area contributed by atoms with Crippen molar-refractivity contribution in [2.75, 3.05) is 13.2 Å². The van der Waals surface area contributed by atoms with Crippen LogP contribution in [0.2, 0.25) is 0 Å². The largest absolute Gasteiger partial charge is 0.478 e. The Morgan fingerprint density at radius 2 is 1.92 bits per heavy atom. The predicted octanol–water partition coefficient (Wildman–Crippen LogP) is 2.29. The molecule has 126 valence electrons. The molecule has 1 aromatic heterocycles. The van der Waals surface area contributed by atoms with Gasteiger partial charge in [-0.2, -0.15) is 0 Å². The molecule has 0 aliphatic heterocycles. The Labute approximate surface area is 148 Å². The van der Waals surface area contributed by atoms with Gasteiger partial charge in [-0.1, -0.05) is 22.0 Å². The molecule has 2 N–H and O–H groups in total. The number of nitrogens with zero attached hydrogens (tertiary/aromatic N) is 1. The number of rotatable bonds is 7. The van der Waals surface area contributed by atoms with E-state index < -0.39 is 0 Å². The van der Waals surface area contributed by atoms with Crippen LogP contribution in [0.25, 0.3) is 0 Å². The van der Waals surface area contributed by atoms with Gasteiger partial charge in [0.25, 0.3) is 5.91 Å². The van der Waals surface area contributed by atoms with Gasteiger partial charge in [0.1, 0.15) is 0 Å². The molecule has 2 amide bonds. The summed E-state index contributed by atoms with van der Waals surface area (Å²) < 4.78 is 6.29. The minimum Gasteiger partial charge on any atom is -0.478 e. The van der Waals surface area contributed by atoms with Crippen molar-refractivity contribution in [1.82, 2.24) is 15.6 Å². The standard InChI is InChI=1S/C17H18BrN3O3/c1-2-24-17-13(4-3-9-19-17)10-20-15(22)11-21-16(23)12-5-7-14(18)8-6-12/h3-9H,2,10-11H2,1H3,(H,20,22)(H,21,23). The van der Waals surface area contributed by atoms with E-state index in [0.717, 1.165) is 10.0 Å². The van der Waals surface area contributed by atoms with E-state index in [2.05, 4.69) is 31.5 Å². The van der Waals surface area contributed by atoms with Crippen LogP contribution in [0.3, 0.4) is 0 Å². The van der Waals surface area contributed by atoms with E-state index in [1.54, 1.807) is 36.5 Å². The van der Waals surface area contributed by atoms with Gasteiger partial charge in [-0.15, -0.1) is 0 Å². The highest BCUT2D eigenvalue weighted by molar-refractivity contribution is 9.10. The summed E-state index contributed by atoms with van der Waals surface area (Å²) in [6.07, 6.45) is 1.63. The van der Waals surface area contributed by atoms with Crippen LogP contribution in [0.4, 0.5) is 0 Å². The first kappa shape index (κ1) is 17.9. The van der Waals surface area contributed by atoms with Crippen LogP contribution in [0.1, 0.15) is 22.8 Å². The Morgan fingerprint density at radius 1 is 1.17 bits per heavy atom. The highest BCUT2D eigenvalue weighted by Crippen LogP contribution is 2.13. The summed E-state index contributed by atoms with van der Waals surface area (Å²) in [4.78, 5) is 27.9. The molecule has 7 heteroatoms. The average Bonchev–Trinajstić information content (AvgIpc) is 2.60. The van der Waals surface area contributed by atoms with Crippen molar-refractivity contribution >= 4 is 27.7 Å². The quantitative estimate of drug-likeness (QED) is 0.758. The number of benzene rings is 1. The molecular formula is C17H18BrN3O3. The highest BCUT2D eigenvalue weighted by atomic mass is 79.9. The van der Waals surface area contributed by atoms with Crippen molar-refractivity contribution in [2.24, 2.45) is 0 Å². The maximum absolute atomic E-state index is 11.9. The first-order valence-electron chi connectivity index (χ1n) is 7.47. The summed E-state index contributed by atoms with van der Waals surface area (Å²) in [6, 6.07) is 10.5. The molecule has 1 heterocycles. The van der Waals surface area contributed by atoms with Crippen LogP contribution in [0.5, 0.6) is 5.88 Å². The summed E-state index contributed by atoms with van der Waals surface area (Å²) in [7, 11) is 0. The van der Waals surface area contributed by atoms with Gasteiger partial charge < -0.3 is 15.4 Å². The number of carbonyl (C=O) groups is 2. The number of hydrogen-bond donors (Lipinski definition) is 2. The molecule has 6 nitrogen and oxygen atoms in total. The van der Waals surface area contributed by atoms with Gasteiger partial charge in [0, 0.05) is 28.3 Å². The van der Waals surface area contributed by atoms with E-state index in [9.17, 15) is 9.59 Å². The van der Waals surface area contributed by atoms with Crippen molar-refractivity contribution < 1.29 is 14.3 Å². The van der Waals surface area contributed by atoms with Gasteiger partial charge in [0.15, 0.2) is 0 Å². The average molecular weight is 392 g/mol. The smallest absolute Gasteiger partial charge is 0.251 e. The summed E-state index contributed by atoms with van der Waals surface area (Å²) in [5.41, 5.74) is 1.28. The number of nitrogens with one attached hydrogen (secondary N) is 2. The van der Waals surface area contributed by atoms with E-state index in [0.29, 0.717) is 18.1 Å². The fraction of sp³-hybridized carbons (Fsp3) is 0.235. The number of pyridine rings is 1. The zero-order chi connectivity index (χ0) is 17.4. The molecule has 0 aliphatic rings. The molecule has 0 saturated heterocycles. The molecule has 0 fully saturated rings. The number of carbonyl (C=O) groups excluding carboxylic acids is 2. The fourth-order valence-electron chi connectivity index (χ4n) is 1.95. The fourth-order valence-corrected chi connectivity index (χ4v) is 2.21. The third kappa shape index (κ3) is 5.34. The Kier molecular flexibility index (Phi) is 6.74. The van der Waals surface area contributed by atoms with Crippen molar-refractivity contribution in [2.45, 2.75) is 13.5 Å². The molecule has 0 radical (unpaired) electrons. The maximum Gasteiger partial charge on any atom is 0.251 e. The lowest BCUT2D eigenvalue weighted by Gasteiger charge is -2.10. The Balaban J connectivity index is 1.81. The number of ether oxygens (including phenoxy) is 1. The Hall–Kier alpha value is -2.41. The van der Waals surface area contributed by atoms with Gasteiger partial charge in [-0.05, 0) is 37.3 Å². The van der Waals surface area contributed by atoms with Crippen LogP contribution in [0, 0.1) is 0 Å². The second kappa shape index (κ2) is 9.02. The molecule has 0 unspecified atom stereocenters. The normalized spacial score (nSPS) is 10.1. The van der Waals surface area contributed by atoms with Crippen molar-refractivity contribution in [3.63, 3.8) is 0 Å². The van der Waals surface area contributed by atoms with Gasteiger partial charge in [-0.25, -0.2) is 4.98 Å². The first-order chi connectivity index (χ1) is 11.6. The predicted molar refractivity (Wildman–Crippen MR) is 93.7 cm³/mol. The monoisotopic (exact) mass is 391 g/mol. The Bertz CT molecular complexity index is 704. The molecule has 0 saturated carbocycles. The second-order valence-corrected chi connectivity index (χ2v) is 5.78. The number of amides is 2. The lowest BCUT2D eigenvalue weighted by Crippen LogP contribution is -2.36. The van der Waals surface area contributed by atoms with E-state index in [4.69, 9.17) is 4.74 Å². The van der Waals surface area contributed by atoms with Gasteiger partial charge in [0.2, 0.25) is 11.8 Å². The van der Waals surface area contributed by atoms with Crippen LogP contribution >= 0.6 is 15.9 Å². The van der Waals surface area contributed by atoms with E-state index in [1.807, 2.05) is 13.0 Å². The topological polar surface area (TPSA) is 80.3 Å². The lowest BCUT2D eigenvalue weighted by atomic mass is 10.2. The molecule has 1 aromatic carbocycles. The first-order valence-corrected chi connectivity index (χ1v) is 8.26. The minimum atomic E-state index is -0.297. The zero-order valence-electron chi connectivity index (χ0n) is 13.2. The minimum absolute atomic E-state index is 0.0981. The van der Waals surface area contributed by atoms with Crippen LogP contribution in [0.15, 0.2) is 47.1 Å². The van der Waals surface area contributed by atoms with E-state index >= 15 is 0 Å². The number of aromatic nitrogens is 1. The Morgan fingerprint density at radius 3 is 2.62 bits per heavy atom. The summed E-state index contributed by atoms with van der Waals surface area (Å²) in [5.74, 6) is -0.0833. The summed E-state index contributed by atoms with van der Waals surface area (Å²) in [5, 5.41) is 5.31. The molecular weight excluding hydrogens is 374 g/mol. The van der Waals surface area contributed by atoms with Crippen molar-refractivity contribution in [3.05, 3.63) is 58.2 Å². The molecule has 0 spiro atoms. The molecule has 24 heavy (non-hydrogen) atoms. The van der Waals surface area contributed by atoms with Crippen molar-refractivity contribution in [1.29, 1.82) is 0 Å². The molecule has 0 atom stereocenters. The molecule has 0 bridgehead atoms. The second-order valence-electron chi connectivity index (χ2n) is 4.87. The lowest BCUT2D eigenvalue weighted by molar-refractivity contribution is -0.120. The van der Waals surface area contributed by atoms with E-state index in [-0.39, 0.29) is 24.9 Å². The van der Waals surface area contributed by atoms with Gasteiger partial charge in [-0.3, -0.25) is 9.59 Å². The zero-order valence-corrected chi connectivity index (χ0v) is 14.8. The third-order valence-electron chi connectivity index (χ3n) is 3.12. The van der Waals surface area contributed by atoms with Crippen molar-refractivity contribution in [3.8, 4) is 5.88 Å². The maximum atomic E-state index is 11.9. The SMILES string of the molecule is CCOc1ncccc1CNC(=O)CNC(=O)c1ccc(Br)cc1. The highest BCUT2D eigenvalue weighted by Gasteiger charge is 2.09. The molecule has 2 aromatic rings. The van der Waals surface area contributed by atoms with E-state index in [1.165, 1.54) is 0 Å².